The van der Waals surface area contributed by atoms with Crippen molar-refractivity contribution in [1.29, 1.82) is 0 Å². The number of nitrogens with zero attached hydrogens (tertiary/aromatic N) is 3. The second-order valence-electron chi connectivity index (χ2n) is 4.45. The second-order valence-corrected chi connectivity index (χ2v) is 6.47. The van der Waals surface area contributed by atoms with Crippen LogP contribution in [-0.4, -0.2) is 29.4 Å². The minimum atomic E-state index is -3.17. The summed E-state index contributed by atoms with van der Waals surface area (Å²) in [6.45, 7) is 0. The third-order valence-corrected chi connectivity index (χ3v) is 4.07. The maximum Gasteiger partial charge on any atom is 0.175 e. The molecule has 2 N–H and O–H groups in total. The van der Waals surface area contributed by atoms with Crippen molar-refractivity contribution in [3.63, 3.8) is 0 Å². The number of sulfone groups is 1. The summed E-state index contributed by atoms with van der Waals surface area (Å²) in [6, 6.07) is 6.37. The van der Waals surface area contributed by atoms with Gasteiger partial charge in [-0.2, -0.15) is 5.10 Å². The SMILES string of the molecule is Cn1ncnc1CC(N)c1ccc(S(C)(=O)=O)cc1. The molecule has 1 aromatic carbocycles. The van der Waals surface area contributed by atoms with E-state index in [0.717, 1.165) is 11.4 Å². The Morgan fingerprint density at radius 1 is 1.32 bits per heavy atom. The predicted octanol–water partition coefficient (Wildman–Crippen LogP) is 0.461. The Labute approximate surface area is 112 Å². The van der Waals surface area contributed by atoms with Crippen molar-refractivity contribution in [3.05, 3.63) is 42.0 Å². The standard InChI is InChI=1S/C12H16N4O2S/c1-16-12(14-8-15-16)7-11(13)9-3-5-10(6-4-9)19(2,17)18/h3-6,8,11H,7,13H2,1-2H3. The van der Waals surface area contributed by atoms with Crippen molar-refractivity contribution in [2.75, 3.05) is 6.26 Å². The highest BCUT2D eigenvalue weighted by molar-refractivity contribution is 7.90. The summed E-state index contributed by atoms with van der Waals surface area (Å²) in [5, 5.41) is 3.98. The average Bonchev–Trinajstić information content (AvgIpc) is 2.74. The number of benzene rings is 1. The van der Waals surface area contributed by atoms with Gasteiger partial charge < -0.3 is 5.73 Å². The van der Waals surface area contributed by atoms with Crippen LogP contribution < -0.4 is 5.73 Å². The number of aromatic nitrogens is 3. The highest BCUT2D eigenvalue weighted by Gasteiger charge is 2.12. The van der Waals surface area contributed by atoms with E-state index in [0.29, 0.717) is 11.3 Å². The van der Waals surface area contributed by atoms with Gasteiger partial charge in [-0.05, 0) is 17.7 Å². The molecule has 1 aromatic heterocycles. The van der Waals surface area contributed by atoms with Gasteiger partial charge >= 0.3 is 0 Å². The molecule has 0 saturated carbocycles. The lowest BCUT2D eigenvalue weighted by atomic mass is 10.0. The third-order valence-electron chi connectivity index (χ3n) is 2.94. The van der Waals surface area contributed by atoms with Gasteiger partial charge in [-0.15, -0.1) is 0 Å². The molecule has 1 atom stereocenters. The first-order valence-electron chi connectivity index (χ1n) is 5.76. The van der Waals surface area contributed by atoms with E-state index >= 15 is 0 Å². The minimum Gasteiger partial charge on any atom is -0.324 e. The molecule has 1 heterocycles. The molecule has 7 heteroatoms. The molecule has 0 amide bonds. The number of rotatable bonds is 4. The zero-order chi connectivity index (χ0) is 14.0. The first kappa shape index (κ1) is 13.7. The molecule has 0 aliphatic heterocycles. The summed E-state index contributed by atoms with van der Waals surface area (Å²) in [6.07, 6.45) is 3.21. The van der Waals surface area contributed by atoms with Gasteiger partial charge in [0.25, 0.3) is 0 Å². The van der Waals surface area contributed by atoms with Crippen LogP contribution in [0, 0.1) is 0 Å². The van der Waals surface area contributed by atoms with Crippen molar-refractivity contribution < 1.29 is 8.42 Å². The topological polar surface area (TPSA) is 90.9 Å². The van der Waals surface area contributed by atoms with Crippen LogP contribution in [0.15, 0.2) is 35.5 Å². The normalized spacial score (nSPS) is 13.4. The Morgan fingerprint density at radius 3 is 2.42 bits per heavy atom. The van der Waals surface area contributed by atoms with Crippen molar-refractivity contribution in [3.8, 4) is 0 Å². The first-order chi connectivity index (χ1) is 8.88. The number of aryl methyl sites for hydroxylation is 1. The average molecular weight is 280 g/mol. The van der Waals surface area contributed by atoms with Gasteiger partial charge in [0.1, 0.15) is 12.2 Å². The van der Waals surface area contributed by atoms with Crippen molar-refractivity contribution in [2.45, 2.75) is 17.4 Å². The third kappa shape index (κ3) is 3.18. The van der Waals surface area contributed by atoms with Gasteiger partial charge in [0, 0.05) is 25.8 Å². The molecule has 0 radical (unpaired) electrons. The zero-order valence-corrected chi connectivity index (χ0v) is 11.6. The summed E-state index contributed by atoms with van der Waals surface area (Å²) in [4.78, 5) is 4.41. The van der Waals surface area contributed by atoms with E-state index in [4.69, 9.17) is 5.73 Å². The van der Waals surface area contributed by atoms with Crippen LogP contribution >= 0.6 is 0 Å². The Balaban J connectivity index is 2.16. The second kappa shape index (κ2) is 5.10. The maximum atomic E-state index is 11.4. The van der Waals surface area contributed by atoms with Crippen LogP contribution in [-0.2, 0) is 23.3 Å². The van der Waals surface area contributed by atoms with E-state index in [9.17, 15) is 8.42 Å². The Kier molecular flexibility index (Phi) is 3.68. The lowest BCUT2D eigenvalue weighted by Gasteiger charge is -2.11. The van der Waals surface area contributed by atoms with Crippen LogP contribution in [0.5, 0.6) is 0 Å². The van der Waals surface area contributed by atoms with E-state index in [1.165, 1.54) is 12.6 Å². The molecule has 0 saturated heterocycles. The monoisotopic (exact) mass is 280 g/mol. The molecular weight excluding hydrogens is 264 g/mol. The van der Waals surface area contributed by atoms with E-state index in [1.807, 2.05) is 7.05 Å². The highest BCUT2D eigenvalue weighted by atomic mass is 32.2. The fourth-order valence-electron chi connectivity index (χ4n) is 1.78. The maximum absolute atomic E-state index is 11.4. The van der Waals surface area contributed by atoms with Gasteiger partial charge in [0.2, 0.25) is 0 Å². The minimum absolute atomic E-state index is 0.239. The highest BCUT2D eigenvalue weighted by Crippen LogP contribution is 2.17. The smallest absolute Gasteiger partial charge is 0.175 e. The van der Waals surface area contributed by atoms with Gasteiger partial charge in [-0.1, -0.05) is 12.1 Å². The van der Waals surface area contributed by atoms with Crippen LogP contribution in [0.25, 0.3) is 0 Å². The lowest BCUT2D eigenvalue weighted by molar-refractivity contribution is 0.601. The van der Waals surface area contributed by atoms with Gasteiger partial charge in [0.15, 0.2) is 9.84 Å². The first-order valence-corrected chi connectivity index (χ1v) is 7.65. The molecule has 19 heavy (non-hydrogen) atoms. The Morgan fingerprint density at radius 2 is 1.95 bits per heavy atom. The molecular formula is C12H16N4O2S. The molecule has 0 bridgehead atoms. The summed E-state index contributed by atoms with van der Waals surface area (Å²) in [5.74, 6) is 0.791. The summed E-state index contributed by atoms with van der Waals surface area (Å²) in [5.41, 5.74) is 6.95. The van der Waals surface area contributed by atoms with E-state index in [2.05, 4.69) is 10.1 Å². The fraction of sp³-hybridized carbons (Fsp3) is 0.333. The number of hydrogen-bond acceptors (Lipinski definition) is 5. The summed E-state index contributed by atoms with van der Waals surface area (Å²) >= 11 is 0. The number of nitrogens with two attached hydrogens (primary N) is 1. The van der Waals surface area contributed by atoms with E-state index in [-0.39, 0.29) is 6.04 Å². The van der Waals surface area contributed by atoms with E-state index < -0.39 is 9.84 Å². The van der Waals surface area contributed by atoms with Crippen molar-refractivity contribution >= 4 is 9.84 Å². The molecule has 0 aliphatic carbocycles. The van der Waals surface area contributed by atoms with Crippen LogP contribution in [0.1, 0.15) is 17.4 Å². The van der Waals surface area contributed by atoms with Gasteiger partial charge in [0.05, 0.1) is 4.90 Å². The predicted molar refractivity (Wildman–Crippen MR) is 71.2 cm³/mol. The Bertz CT molecular complexity index is 661. The van der Waals surface area contributed by atoms with Crippen LogP contribution in [0.2, 0.25) is 0 Å². The fourth-order valence-corrected chi connectivity index (χ4v) is 2.41. The van der Waals surface area contributed by atoms with E-state index in [1.54, 1.807) is 28.9 Å². The Hall–Kier alpha value is -1.73. The summed E-state index contributed by atoms with van der Waals surface area (Å²) < 4.78 is 24.4. The molecule has 2 aromatic rings. The molecule has 0 aliphatic rings. The lowest BCUT2D eigenvalue weighted by Crippen LogP contribution is -2.16. The van der Waals surface area contributed by atoms with Gasteiger partial charge in [-0.25, -0.2) is 13.4 Å². The van der Waals surface area contributed by atoms with Crippen molar-refractivity contribution in [2.24, 2.45) is 12.8 Å². The molecule has 6 nitrogen and oxygen atoms in total. The van der Waals surface area contributed by atoms with Gasteiger partial charge in [-0.3, -0.25) is 4.68 Å². The quantitative estimate of drug-likeness (QED) is 0.878. The zero-order valence-electron chi connectivity index (χ0n) is 10.8. The number of hydrogen-bond donors (Lipinski definition) is 1. The van der Waals surface area contributed by atoms with Crippen LogP contribution in [0.3, 0.4) is 0 Å². The molecule has 2 rings (SSSR count). The summed E-state index contributed by atoms with van der Waals surface area (Å²) in [7, 11) is -1.36. The molecule has 0 fully saturated rings. The molecule has 1 unspecified atom stereocenters. The molecule has 102 valence electrons. The van der Waals surface area contributed by atoms with Crippen LogP contribution in [0.4, 0.5) is 0 Å². The van der Waals surface area contributed by atoms with Crippen molar-refractivity contribution in [1.82, 2.24) is 14.8 Å². The largest absolute Gasteiger partial charge is 0.324 e. The molecule has 0 spiro atoms.